The minimum absolute atomic E-state index is 0.657. The van der Waals surface area contributed by atoms with Crippen LogP contribution in [0.3, 0.4) is 0 Å². The number of benzene rings is 1. The van der Waals surface area contributed by atoms with Gasteiger partial charge in [0.25, 0.3) is 0 Å². The average Bonchev–Trinajstić information content (AvgIpc) is 2.84. The van der Waals surface area contributed by atoms with Crippen LogP contribution in [0.25, 0.3) is 0 Å². The normalized spacial score (nSPS) is 15.7. The Morgan fingerprint density at radius 1 is 1.24 bits per heavy atom. The third-order valence-electron chi connectivity index (χ3n) is 4.18. The molecule has 2 heterocycles. The molecular weight excluding hydrogens is 420 g/mol. The second kappa shape index (κ2) is 8.94. The van der Waals surface area contributed by atoms with Crippen LogP contribution in [0, 0.1) is 0 Å². The molecule has 1 aromatic heterocycles. The van der Waals surface area contributed by atoms with E-state index >= 15 is 0 Å². The van der Waals surface area contributed by atoms with Gasteiger partial charge >= 0.3 is 0 Å². The Labute approximate surface area is 167 Å². The molecule has 3 rings (SSSR count). The molecule has 0 spiro atoms. The molecule has 7 heteroatoms. The molecule has 1 saturated heterocycles. The fraction of sp³-hybridized carbons (Fsp3) is 0.333. The second-order valence-electron chi connectivity index (χ2n) is 6.03. The molecule has 0 bridgehead atoms. The molecule has 0 unspecified atom stereocenters. The minimum atomic E-state index is 0.657. The van der Waals surface area contributed by atoms with Gasteiger partial charge in [-0.1, -0.05) is 33.6 Å². The van der Waals surface area contributed by atoms with Crippen molar-refractivity contribution in [2.75, 3.05) is 31.5 Å². The highest BCUT2D eigenvalue weighted by Gasteiger charge is 2.17. The molecule has 1 aliphatic rings. The van der Waals surface area contributed by atoms with E-state index in [1.807, 2.05) is 36.7 Å². The van der Waals surface area contributed by atoms with Crippen molar-refractivity contribution in [1.82, 2.24) is 14.8 Å². The first kappa shape index (κ1) is 18.6. The quantitative estimate of drug-likeness (QED) is 0.716. The summed E-state index contributed by atoms with van der Waals surface area (Å²) in [6.45, 7) is 4.82. The van der Waals surface area contributed by atoms with E-state index in [4.69, 9.17) is 23.8 Å². The molecular formula is C18H20BrClN4S. The summed E-state index contributed by atoms with van der Waals surface area (Å²) in [5.74, 6) is 0. The molecule has 0 radical (unpaired) electrons. The summed E-state index contributed by atoms with van der Waals surface area (Å²) in [4.78, 5) is 8.86. The molecule has 0 aliphatic carbocycles. The Bertz CT molecular complexity index is 728. The highest BCUT2D eigenvalue weighted by molar-refractivity contribution is 9.10. The van der Waals surface area contributed by atoms with Crippen LogP contribution in [0.1, 0.15) is 12.0 Å². The number of aromatic nitrogens is 1. The van der Waals surface area contributed by atoms with Crippen LogP contribution in [-0.2, 0) is 6.54 Å². The van der Waals surface area contributed by atoms with Gasteiger partial charge in [0, 0.05) is 49.6 Å². The lowest BCUT2D eigenvalue weighted by molar-refractivity contribution is 0.278. The van der Waals surface area contributed by atoms with Gasteiger partial charge in [0.15, 0.2) is 5.11 Å². The molecule has 0 amide bonds. The summed E-state index contributed by atoms with van der Waals surface area (Å²) in [6.07, 6.45) is 4.82. The molecule has 4 nitrogen and oxygen atoms in total. The van der Waals surface area contributed by atoms with Gasteiger partial charge in [0.05, 0.1) is 10.7 Å². The maximum absolute atomic E-state index is 6.27. The van der Waals surface area contributed by atoms with Crippen LogP contribution in [0.5, 0.6) is 0 Å². The lowest BCUT2D eigenvalue weighted by Crippen LogP contribution is -2.37. The van der Waals surface area contributed by atoms with Crippen molar-refractivity contribution in [3.63, 3.8) is 0 Å². The number of nitrogens with one attached hydrogen (secondary N) is 1. The number of hydrogen-bond donors (Lipinski definition) is 1. The standard InChI is InChI=1S/C18H20BrClN4S/c19-15-4-5-17(16(20)11-15)22-18(25)24-8-2-7-23(9-10-24)13-14-3-1-6-21-12-14/h1,3-6,11-12H,2,7-10,13H2,(H,22,25). The Kier molecular flexibility index (Phi) is 6.64. The summed E-state index contributed by atoms with van der Waals surface area (Å²) in [5.41, 5.74) is 2.09. The highest BCUT2D eigenvalue weighted by atomic mass is 79.9. The zero-order valence-corrected chi connectivity index (χ0v) is 16.9. The van der Waals surface area contributed by atoms with Crippen LogP contribution in [0.4, 0.5) is 5.69 Å². The monoisotopic (exact) mass is 438 g/mol. The summed E-state index contributed by atoms with van der Waals surface area (Å²) in [7, 11) is 0. The van der Waals surface area contributed by atoms with Crippen LogP contribution in [-0.4, -0.2) is 46.1 Å². The number of halogens is 2. The van der Waals surface area contributed by atoms with Gasteiger partial charge in [-0.15, -0.1) is 0 Å². The first-order valence-electron chi connectivity index (χ1n) is 8.24. The molecule has 1 fully saturated rings. The second-order valence-corrected chi connectivity index (χ2v) is 7.74. The topological polar surface area (TPSA) is 31.4 Å². The van der Waals surface area contributed by atoms with E-state index in [9.17, 15) is 0 Å². The van der Waals surface area contributed by atoms with Crippen molar-refractivity contribution in [1.29, 1.82) is 0 Å². The fourth-order valence-corrected chi connectivity index (χ4v) is 3.88. The van der Waals surface area contributed by atoms with Crippen LogP contribution >= 0.6 is 39.7 Å². The number of hydrogen-bond acceptors (Lipinski definition) is 3. The van der Waals surface area contributed by atoms with Gasteiger partial charge in [0.1, 0.15) is 0 Å². The summed E-state index contributed by atoms with van der Waals surface area (Å²) >= 11 is 15.3. The highest BCUT2D eigenvalue weighted by Crippen LogP contribution is 2.26. The predicted octanol–water partition coefficient (Wildman–Crippen LogP) is 4.40. The minimum Gasteiger partial charge on any atom is -0.348 e. The van der Waals surface area contributed by atoms with Crippen molar-refractivity contribution >= 4 is 50.5 Å². The van der Waals surface area contributed by atoms with Crippen molar-refractivity contribution in [3.8, 4) is 0 Å². The van der Waals surface area contributed by atoms with Crippen LogP contribution in [0.2, 0.25) is 5.02 Å². The SMILES string of the molecule is S=C(Nc1ccc(Br)cc1Cl)N1CCCN(Cc2cccnc2)CC1. The van der Waals surface area contributed by atoms with Crippen LogP contribution in [0.15, 0.2) is 47.2 Å². The summed E-state index contributed by atoms with van der Waals surface area (Å²) in [5, 5.41) is 4.66. The smallest absolute Gasteiger partial charge is 0.173 e. The zero-order valence-electron chi connectivity index (χ0n) is 13.8. The lowest BCUT2D eigenvalue weighted by Gasteiger charge is -2.25. The molecule has 1 aromatic carbocycles. The third kappa shape index (κ3) is 5.38. The lowest BCUT2D eigenvalue weighted by atomic mass is 10.2. The molecule has 25 heavy (non-hydrogen) atoms. The molecule has 132 valence electrons. The van der Waals surface area contributed by atoms with Gasteiger partial charge in [0.2, 0.25) is 0 Å². The number of nitrogens with zero attached hydrogens (tertiary/aromatic N) is 3. The average molecular weight is 440 g/mol. The largest absolute Gasteiger partial charge is 0.348 e. The van der Waals surface area contributed by atoms with E-state index in [1.54, 1.807) is 0 Å². The number of thiocarbonyl (C=S) groups is 1. The number of anilines is 1. The first-order valence-corrected chi connectivity index (χ1v) is 9.82. The predicted molar refractivity (Wildman–Crippen MR) is 111 cm³/mol. The maximum Gasteiger partial charge on any atom is 0.173 e. The van der Waals surface area contributed by atoms with Gasteiger partial charge in [-0.25, -0.2) is 0 Å². The molecule has 1 aliphatic heterocycles. The van der Waals surface area contributed by atoms with Crippen molar-refractivity contribution in [2.24, 2.45) is 0 Å². The fourth-order valence-electron chi connectivity index (χ4n) is 2.87. The Hall–Kier alpha value is -1.21. The Balaban J connectivity index is 1.56. The van der Waals surface area contributed by atoms with Gasteiger partial charge in [-0.2, -0.15) is 0 Å². The van der Waals surface area contributed by atoms with Gasteiger partial charge in [-0.05, 0) is 48.5 Å². The van der Waals surface area contributed by atoms with E-state index in [2.05, 4.69) is 42.1 Å². The van der Waals surface area contributed by atoms with Crippen LogP contribution < -0.4 is 5.32 Å². The van der Waals surface area contributed by atoms with E-state index in [0.717, 1.165) is 54.4 Å². The Morgan fingerprint density at radius 3 is 2.88 bits per heavy atom. The van der Waals surface area contributed by atoms with E-state index in [0.29, 0.717) is 5.02 Å². The summed E-state index contributed by atoms with van der Waals surface area (Å²) < 4.78 is 0.954. The van der Waals surface area contributed by atoms with E-state index < -0.39 is 0 Å². The van der Waals surface area contributed by atoms with Crippen molar-refractivity contribution < 1.29 is 0 Å². The number of rotatable bonds is 3. The third-order valence-corrected chi connectivity index (χ3v) is 5.34. The Morgan fingerprint density at radius 2 is 2.12 bits per heavy atom. The summed E-state index contributed by atoms with van der Waals surface area (Å²) in [6, 6.07) is 9.86. The number of pyridine rings is 1. The molecule has 0 atom stereocenters. The first-order chi connectivity index (χ1) is 12.1. The van der Waals surface area contributed by atoms with Crippen molar-refractivity contribution in [3.05, 3.63) is 57.8 Å². The maximum atomic E-state index is 6.27. The van der Waals surface area contributed by atoms with E-state index in [-0.39, 0.29) is 0 Å². The zero-order chi connectivity index (χ0) is 17.6. The molecule has 0 saturated carbocycles. The van der Waals surface area contributed by atoms with Gasteiger partial charge < -0.3 is 10.2 Å². The molecule has 2 aromatic rings. The van der Waals surface area contributed by atoms with Crippen molar-refractivity contribution in [2.45, 2.75) is 13.0 Å². The molecule has 1 N–H and O–H groups in total. The van der Waals surface area contributed by atoms with Gasteiger partial charge in [-0.3, -0.25) is 9.88 Å². The van der Waals surface area contributed by atoms with E-state index in [1.165, 1.54) is 5.56 Å².